The maximum absolute atomic E-state index is 10.5. The number of hydrogen-bond acceptors (Lipinski definition) is 2. The summed E-state index contributed by atoms with van der Waals surface area (Å²) in [4.78, 5) is 10.5. The molecule has 0 fully saturated rings. The normalized spacial score (nSPS) is 12.1. The van der Waals surface area contributed by atoms with E-state index in [0.717, 1.165) is 10.0 Å². The molecule has 3 N–H and O–H groups in total. The Labute approximate surface area is 96.1 Å². The third-order valence-corrected chi connectivity index (χ3v) is 2.46. The Bertz CT molecular complexity index is 343. The summed E-state index contributed by atoms with van der Waals surface area (Å²) < 4.78 is 0.884. The topological polar surface area (TPSA) is 69.6 Å². The van der Waals surface area contributed by atoms with Crippen LogP contribution in [0.1, 0.15) is 18.0 Å². The molecule has 0 radical (unpaired) electrons. The number of hydrogen-bond donors (Lipinski definition) is 3. The maximum Gasteiger partial charge on any atom is 0.405 e. The predicted molar refractivity (Wildman–Crippen MR) is 59.7 cm³/mol. The first-order valence-electron chi connectivity index (χ1n) is 4.49. The number of carboxylic acid groups (broad SMARTS) is 1. The molecule has 0 bridgehead atoms. The van der Waals surface area contributed by atoms with Crippen molar-refractivity contribution in [3.8, 4) is 0 Å². The highest BCUT2D eigenvalue weighted by Crippen LogP contribution is 2.20. The zero-order valence-electron chi connectivity index (χ0n) is 7.98. The van der Waals surface area contributed by atoms with Gasteiger partial charge in [0.2, 0.25) is 0 Å². The minimum absolute atomic E-state index is 0.0581. The van der Waals surface area contributed by atoms with Crippen LogP contribution >= 0.6 is 15.9 Å². The van der Waals surface area contributed by atoms with Gasteiger partial charge in [0.15, 0.2) is 0 Å². The molecule has 1 amide bonds. The van der Waals surface area contributed by atoms with Crippen LogP contribution in [0.15, 0.2) is 28.7 Å². The monoisotopic (exact) mass is 273 g/mol. The minimum Gasteiger partial charge on any atom is -0.465 e. The molecule has 0 aliphatic heterocycles. The molecule has 1 aromatic rings. The van der Waals surface area contributed by atoms with Gasteiger partial charge in [0, 0.05) is 11.1 Å². The van der Waals surface area contributed by atoms with E-state index in [4.69, 9.17) is 10.2 Å². The van der Waals surface area contributed by atoms with E-state index < -0.39 is 6.09 Å². The molecular weight excluding hydrogens is 262 g/mol. The SMILES string of the molecule is O=C(O)N[C@H](CCO)c1cccc(Br)c1. The standard InChI is InChI=1S/C10H12BrNO3/c11-8-3-1-2-7(6-8)9(4-5-13)12-10(14)15/h1-3,6,9,12-13H,4-5H2,(H,14,15)/t9-/m1/s1. The number of nitrogens with one attached hydrogen (secondary N) is 1. The molecule has 15 heavy (non-hydrogen) atoms. The van der Waals surface area contributed by atoms with E-state index in [-0.39, 0.29) is 12.6 Å². The van der Waals surface area contributed by atoms with Crippen molar-refractivity contribution in [2.24, 2.45) is 0 Å². The number of halogens is 1. The van der Waals surface area contributed by atoms with E-state index in [1.54, 1.807) is 0 Å². The highest BCUT2D eigenvalue weighted by atomic mass is 79.9. The summed E-state index contributed by atoms with van der Waals surface area (Å²) in [6.45, 7) is -0.0581. The average molecular weight is 274 g/mol. The van der Waals surface area contributed by atoms with Crippen molar-refractivity contribution in [2.75, 3.05) is 6.61 Å². The van der Waals surface area contributed by atoms with Gasteiger partial charge in [-0.1, -0.05) is 28.1 Å². The second kappa shape index (κ2) is 5.72. The van der Waals surface area contributed by atoms with Crippen molar-refractivity contribution in [3.63, 3.8) is 0 Å². The van der Waals surface area contributed by atoms with Gasteiger partial charge in [-0.15, -0.1) is 0 Å². The fourth-order valence-electron chi connectivity index (χ4n) is 1.32. The summed E-state index contributed by atoms with van der Waals surface area (Å²) >= 11 is 3.31. The summed E-state index contributed by atoms with van der Waals surface area (Å²) in [5.74, 6) is 0. The summed E-state index contributed by atoms with van der Waals surface area (Å²) in [6.07, 6.45) is -0.726. The van der Waals surface area contributed by atoms with Crippen LogP contribution in [0, 0.1) is 0 Å². The largest absolute Gasteiger partial charge is 0.465 e. The van der Waals surface area contributed by atoms with Crippen molar-refractivity contribution >= 4 is 22.0 Å². The maximum atomic E-state index is 10.5. The molecule has 0 aromatic heterocycles. The van der Waals surface area contributed by atoms with Gasteiger partial charge in [-0.25, -0.2) is 4.79 Å². The van der Waals surface area contributed by atoms with E-state index in [1.165, 1.54) is 0 Å². The van der Waals surface area contributed by atoms with E-state index >= 15 is 0 Å². The molecule has 4 nitrogen and oxygen atoms in total. The van der Waals surface area contributed by atoms with Crippen molar-refractivity contribution < 1.29 is 15.0 Å². The van der Waals surface area contributed by atoms with Crippen molar-refractivity contribution in [2.45, 2.75) is 12.5 Å². The lowest BCUT2D eigenvalue weighted by Gasteiger charge is -2.16. The average Bonchev–Trinajstić information content (AvgIpc) is 2.16. The second-order valence-corrected chi connectivity index (χ2v) is 3.99. The Hall–Kier alpha value is -1.07. The van der Waals surface area contributed by atoms with Crippen LogP contribution in [0.25, 0.3) is 0 Å². The first-order valence-corrected chi connectivity index (χ1v) is 5.28. The Morgan fingerprint density at radius 2 is 2.27 bits per heavy atom. The highest BCUT2D eigenvalue weighted by Gasteiger charge is 2.13. The van der Waals surface area contributed by atoms with Gasteiger partial charge in [0.05, 0.1) is 6.04 Å². The third-order valence-electron chi connectivity index (χ3n) is 1.97. The Morgan fingerprint density at radius 3 is 2.80 bits per heavy atom. The van der Waals surface area contributed by atoms with Gasteiger partial charge in [-0.05, 0) is 24.1 Å². The van der Waals surface area contributed by atoms with E-state index in [2.05, 4.69) is 21.2 Å². The number of benzene rings is 1. The number of amides is 1. The number of aliphatic hydroxyl groups excluding tert-OH is 1. The molecule has 0 aliphatic rings. The molecule has 0 heterocycles. The van der Waals surface area contributed by atoms with Crippen LogP contribution in [0.5, 0.6) is 0 Å². The lowest BCUT2D eigenvalue weighted by molar-refractivity contribution is 0.185. The second-order valence-electron chi connectivity index (χ2n) is 3.07. The molecule has 0 unspecified atom stereocenters. The molecule has 0 aliphatic carbocycles. The molecule has 1 rings (SSSR count). The van der Waals surface area contributed by atoms with Gasteiger partial charge < -0.3 is 15.5 Å². The number of rotatable bonds is 4. The zero-order valence-corrected chi connectivity index (χ0v) is 9.57. The zero-order chi connectivity index (χ0) is 11.3. The first-order chi connectivity index (χ1) is 7.13. The van der Waals surface area contributed by atoms with Crippen LogP contribution < -0.4 is 5.32 Å². The van der Waals surface area contributed by atoms with E-state index in [0.29, 0.717) is 6.42 Å². The van der Waals surface area contributed by atoms with Crippen molar-refractivity contribution in [1.82, 2.24) is 5.32 Å². The lowest BCUT2D eigenvalue weighted by Crippen LogP contribution is -2.27. The number of carbonyl (C=O) groups is 1. The molecule has 0 saturated carbocycles. The van der Waals surface area contributed by atoms with Crippen molar-refractivity contribution in [3.05, 3.63) is 34.3 Å². The predicted octanol–water partition coefficient (Wildman–Crippen LogP) is 2.14. The van der Waals surface area contributed by atoms with Crippen molar-refractivity contribution in [1.29, 1.82) is 0 Å². The molecule has 82 valence electrons. The summed E-state index contributed by atoms with van der Waals surface area (Å²) in [5, 5.41) is 19.8. The molecular formula is C10H12BrNO3. The van der Waals surface area contributed by atoms with Crippen LogP contribution in [-0.2, 0) is 0 Å². The lowest BCUT2D eigenvalue weighted by atomic mass is 10.0. The fraction of sp³-hybridized carbons (Fsp3) is 0.300. The Kier molecular flexibility index (Phi) is 4.58. The quantitative estimate of drug-likeness (QED) is 0.787. The Morgan fingerprint density at radius 1 is 1.53 bits per heavy atom. The minimum atomic E-state index is -1.09. The van der Waals surface area contributed by atoms with Crippen LogP contribution in [-0.4, -0.2) is 22.9 Å². The molecule has 5 heteroatoms. The van der Waals surface area contributed by atoms with Crippen LogP contribution in [0.4, 0.5) is 4.79 Å². The summed E-state index contributed by atoms with van der Waals surface area (Å²) in [6, 6.07) is 6.97. The molecule has 1 atom stereocenters. The van der Waals surface area contributed by atoms with E-state index in [1.807, 2.05) is 24.3 Å². The summed E-state index contributed by atoms with van der Waals surface area (Å²) in [5.41, 5.74) is 0.834. The smallest absolute Gasteiger partial charge is 0.405 e. The summed E-state index contributed by atoms with van der Waals surface area (Å²) in [7, 11) is 0. The highest BCUT2D eigenvalue weighted by molar-refractivity contribution is 9.10. The molecule has 0 spiro atoms. The number of aliphatic hydroxyl groups is 1. The third kappa shape index (κ3) is 3.89. The van der Waals surface area contributed by atoms with Gasteiger partial charge in [0.1, 0.15) is 0 Å². The fourth-order valence-corrected chi connectivity index (χ4v) is 1.74. The van der Waals surface area contributed by atoms with Gasteiger partial charge >= 0.3 is 6.09 Å². The van der Waals surface area contributed by atoms with Gasteiger partial charge in [-0.2, -0.15) is 0 Å². The Balaban J connectivity index is 2.83. The molecule has 0 saturated heterocycles. The van der Waals surface area contributed by atoms with Gasteiger partial charge in [0.25, 0.3) is 0 Å². The van der Waals surface area contributed by atoms with Gasteiger partial charge in [-0.3, -0.25) is 0 Å². The van der Waals surface area contributed by atoms with Crippen LogP contribution in [0.2, 0.25) is 0 Å². The van der Waals surface area contributed by atoms with Crippen LogP contribution in [0.3, 0.4) is 0 Å². The first kappa shape index (κ1) is 12.0. The molecule has 1 aromatic carbocycles. The van der Waals surface area contributed by atoms with E-state index in [9.17, 15) is 4.79 Å².